The van der Waals surface area contributed by atoms with Crippen LogP contribution in [0.25, 0.3) is 11.1 Å². The fourth-order valence-electron chi connectivity index (χ4n) is 6.62. The average Bonchev–Trinajstić information content (AvgIpc) is 3.70. The smallest absolute Gasteiger partial charge is 0.323 e. The summed E-state index contributed by atoms with van der Waals surface area (Å²) < 4.78 is 12.5. The van der Waals surface area contributed by atoms with Crippen LogP contribution in [0.5, 0.6) is 11.5 Å². The Labute approximate surface area is 321 Å². The molecule has 284 valence electrons. The molecule has 0 aliphatic carbocycles. The summed E-state index contributed by atoms with van der Waals surface area (Å²) in [5, 5.41) is 43.3. The Balaban J connectivity index is 1.37. The Bertz CT molecular complexity index is 1940. The summed E-state index contributed by atoms with van der Waals surface area (Å²) in [6, 6.07) is 17.9. The number of carboxylic acid groups (broad SMARTS) is 1. The quantitative estimate of drug-likeness (QED) is 0.0507. The van der Waals surface area contributed by atoms with Gasteiger partial charge in [-0.25, -0.2) is 0 Å². The van der Waals surface area contributed by atoms with Gasteiger partial charge in [-0.1, -0.05) is 41.9 Å². The number of aliphatic carboxylic acids is 1. The Morgan fingerprint density at radius 1 is 1.06 bits per heavy atom. The van der Waals surface area contributed by atoms with Gasteiger partial charge < -0.3 is 40.2 Å². The minimum absolute atomic E-state index is 0.0397. The van der Waals surface area contributed by atoms with E-state index in [1.807, 2.05) is 49.3 Å². The highest BCUT2D eigenvalue weighted by Crippen LogP contribution is 2.39. The molecule has 13 heteroatoms. The molecule has 1 saturated heterocycles. The molecule has 0 bridgehead atoms. The summed E-state index contributed by atoms with van der Waals surface area (Å²) >= 11 is 6.75. The molecule has 1 aliphatic heterocycles. The highest BCUT2D eigenvalue weighted by Gasteiger charge is 2.20. The van der Waals surface area contributed by atoms with Gasteiger partial charge in [0.1, 0.15) is 36.8 Å². The van der Waals surface area contributed by atoms with E-state index in [0.29, 0.717) is 28.2 Å². The highest BCUT2D eigenvalue weighted by molar-refractivity contribution is 6.32. The zero-order valence-electron chi connectivity index (χ0n) is 30.8. The van der Waals surface area contributed by atoms with Crippen molar-refractivity contribution in [3.63, 3.8) is 0 Å². The lowest BCUT2D eigenvalue weighted by atomic mass is 9.94. The van der Waals surface area contributed by atoms with Crippen LogP contribution >= 0.6 is 11.6 Å². The molecule has 5 N–H and O–H groups in total. The van der Waals surface area contributed by atoms with Gasteiger partial charge in [0.2, 0.25) is 0 Å². The highest BCUT2D eigenvalue weighted by atomic mass is 35.5. The number of unbranched alkanes of at least 4 members (excludes halogenated alkanes) is 1. The Kier molecular flexibility index (Phi) is 14.6. The molecule has 2 heterocycles. The first-order chi connectivity index (χ1) is 26.2. The number of hydrogen-bond acceptors (Lipinski definition) is 11. The van der Waals surface area contributed by atoms with Crippen molar-refractivity contribution in [3.05, 3.63) is 99.8 Å². The zero-order chi connectivity index (χ0) is 38.5. The maximum Gasteiger partial charge on any atom is 0.323 e. The van der Waals surface area contributed by atoms with Crippen LogP contribution in [0.15, 0.2) is 67.0 Å². The van der Waals surface area contributed by atoms with Crippen LogP contribution in [-0.2, 0) is 24.6 Å². The van der Waals surface area contributed by atoms with Crippen molar-refractivity contribution >= 4 is 35.2 Å². The number of nitrogens with zero attached hydrogens (tertiary/aromatic N) is 4. The monoisotopic (exact) mass is 753 g/mol. The second-order valence-corrected chi connectivity index (χ2v) is 13.8. The fourth-order valence-corrected chi connectivity index (χ4v) is 6.86. The minimum atomic E-state index is -1.19. The van der Waals surface area contributed by atoms with Crippen LogP contribution in [0.4, 0.5) is 11.4 Å². The topological polar surface area (TPSA) is 167 Å². The van der Waals surface area contributed by atoms with E-state index in [-0.39, 0.29) is 24.8 Å². The molecule has 1 unspecified atom stereocenters. The first-order valence-corrected chi connectivity index (χ1v) is 18.5. The van der Waals surface area contributed by atoms with Gasteiger partial charge in [-0.2, -0.15) is 5.26 Å². The van der Waals surface area contributed by atoms with E-state index in [0.717, 1.165) is 59.6 Å². The third kappa shape index (κ3) is 10.5. The number of rotatable bonds is 20. The molecule has 1 atom stereocenters. The molecule has 1 fully saturated rings. The summed E-state index contributed by atoms with van der Waals surface area (Å²) in [6.45, 7) is 4.06. The molecule has 4 aromatic rings. The fraction of sp³-hybridized carbons (Fsp3) is 0.366. The van der Waals surface area contributed by atoms with Crippen molar-refractivity contribution in [2.24, 2.45) is 0 Å². The van der Waals surface area contributed by atoms with Crippen LogP contribution in [-0.4, -0.2) is 85.2 Å². The van der Waals surface area contributed by atoms with E-state index in [1.165, 1.54) is 38.3 Å². The Hall–Kier alpha value is -5.19. The molecule has 12 nitrogen and oxygen atoms in total. The number of benzene rings is 3. The van der Waals surface area contributed by atoms with E-state index in [2.05, 4.69) is 32.7 Å². The number of aromatic nitrogens is 1. The Morgan fingerprint density at radius 3 is 2.54 bits per heavy atom. The summed E-state index contributed by atoms with van der Waals surface area (Å²) in [7, 11) is 3.95. The number of nitriles is 1. The van der Waals surface area contributed by atoms with E-state index in [1.54, 1.807) is 24.4 Å². The van der Waals surface area contributed by atoms with Gasteiger partial charge in [-0.15, -0.1) is 0 Å². The van der Waals surface area contributed by atoms with E-state index >= 15 is 0 Å². The lowest BCUT2D eigenvalue weighted by Crippen LogP contribution is -2.39. The number of para-hydroxylation sites is 1. The van der Waals surface area contributed by atoms with Crippen LogP contribution in [0.3, 0.4) is 0 Å². The molecule has 3 aromatic carbocycles. The SMILES string of the molecule is CN(C)c1c(COc2cc(OCc3cncc(C#N)c3)c(CNC(CO)C(=O)O)cc2Cl)cccc1-c1cccc(NCCCCN2CCCC2)c1C=N. The molecule has 1 aromatic heterocycles. The molecule has 54 heavy (non-hydrogen) atoms. The minimum Gasteiger partial charge on any atom is -0.488 e. The van der Waals surface area contributed by atoms with Crippen LogP contribution < -0.4 is 25.0 Å². The molecular formula is C41H48ClN7O5. The van der Waals surface area contributed by atoms with Crippen molar-refractivity contribution in [2.45, 2.75) is 51.5 Å². The zero-order valence-corrected chi connectivity index (χ0v) is 31.5. The average molecular weight is 754 g/mol. The normalized spacial score (nSPS) is 13.2. The number of anilines is 2. The number of halogens is 1. The van der Waals surface area contributed by atoms with E-state index in [9.17, 15) is 20.3 Å². The molecule has 0 amide bonds. The van der Waals surface area contributed by atoms with Crippen LogP contribution in [0.1, 0.15) is 53.5 Å². The maximum atomic E-state index is 11.5. The predicted octanol–water partition coefficient (Wildman–Crippen LogP) is 6.32. The van der Waals surface area contributed by atoms with E-state index in [4.69, 9.17) is 26.5 Å². The van der Waals surface area contributed by atoms with Gasteiger partial charge in [0.15, 0.2) is 0 Å². The van der Waals surface area contributed by atoms with Gasteiger partial charge in [-0.3, -0.25) is 15.1 Å². The van der Waals surface area contributed by atoms with E-state index < -0.39 is 18.6 Å². The number of carboxylic acids is 1. The summed E-state index contributed by atoms with van der Waals surface area (Å²) in [5.74, 6) is -0.463. The number of aliphatic hydroxyl groups is 1. The molecule has 0 saturated carbocycles. The summed E-state index contributed by atoms with van der Waals surface area (Å²) in [5.41, 5.74) is 7.06. The van der Waals surface area contributed by atoms with Crippen LogP contribution in [0.2, 0.25) is 5.02 Å². The standard InChI is InChI=1S/C41H48ClN7O5/c1-48(2)40-30(9-7-11-33(40)32-10-8-12-36(34(32)21-44)46-13-3-4-14-49-15-5-6-16-49)27-54-39-19-38(53-26-29-17-28(20-43)22-45-23-29)31(18-35(39)42)24-47-37(25-50)41(51)52/h7-12,17-19,21-23,37,44,46-47,50H,3-6,13-16,24-27H2,1-2H3,(H,51,52). The predicted molar refractivity (Wildman–Crippen MR) is 212 cm³/mol. The molecular weight excluding hydrogens is 706 g/mol. The number of aliphatic hydroxyl groups excluding tert-OH is 1. The van der Waals surface area contributed by atoms with Gasteiger partial charge in [0, 0.05) is 85.4 Å². The number of ether oxygens (including phenoxy) is 2. The van der Waals surface area contributed by atoms with Crippen molar-refractivity contribution < 1.29 is 24.5 Å². The van der Waals surface area contributed by atoms with Crippen molar-refractivity contribution in [3.8, 4) is 28.7 Å². The third-order valence-corrected chi connectivity index (χ3v) is 9.65. The van der Waals surface area contributed by atoms with Crippen molar-refractivity contribution in [1.82, 2.24) is 15.2 Å². The molecule has 0 spiro atoms. The van der Waals surface area contributed by atoms with Gasteiger partial charge in [0.05, 0.1) is 22.9 Å². The number of hydrogen-bond donors (Lipinski definition) is 5. The second-order valence-electron chi connectivity index (χ2n) is 13.4. The van der Waals surface area contributed by atoms with Gasteiger partial charge >= 0.3 is 5.97 Å². The Morgan fingerprint density at radius 2 is 1.81 bits per heavy atom. The van der Waals surface area contributed by atoms with Gasteiger partial charge in [-0.05, 0) is 69.1 Å². The van der Waals surface area contributed by atoms with Crippen molar-refractivity contribution in [1.29, 1.82) is 10.7 Å². The number of pyridine rings is 1. The number of nitrogens with one attached hydrogen (secondary N) is 3. The largest absolute Gasteiger partial charge is 0.488 e. The molecule has 1 aliphatic rings. The first kappa shape index (κ1) is 40.0. The lowest BCUT2D eigenvalue weighted by molar-refractivity contribution is -0.140. The van der Waals surface area contributed by atoms with Crippen LogP contribution in [0, 0.1) is 16.7 Å². The summed E-state index contributed by atoms with van der Waals surface area (Å²) in [4.78, 5) is 20.2. The first-order valence-electron chi connectivity index (χ1n) is 18.1. The molecule has 0 radical (unpaired) electrons. The molecule has 5 rings (SSSR count). The number of carbonyl (C=O) groups is 1. The second kappa shape index (κ2) is 19.8. The third-order valence-electron chi connectivity index (χ3n) is 9.36. The van der Waals surface area contributed by atoms with Gasteiger partial charge in [0.25, 0.3) is 0 Å². The number of likely N-dealkylation sites (tertiary alicyclic amines) is 1. The lowest BCUT2D eigenvalue weighted by Gasteiger charge is -2.24. The van der Waals surface area contributed by atoms with Crippen molar-refractivity contribution in [2.75, 3.05) is 57.1 Å². The maximum absolute atomic E-state index is 11.5. The summed E-state index contributed by atoms with van der Waals surface area (Å²) in [6.07, 6.45) is 9.26.